The zero-order valence-electron chi connectivity index (χ0n) is 16.2. The molecule has 1 saturated carbocycles. The van der Waals surface area contributed by atoms with Gasteiger partial charge < -0.3 is 9.42 Å². The van der Waals surface area contributed by atoms with Crippen molar-refractivity contribution in [1.29, 1.82) is 0 Å². The Morgan fingerprint density at radius 3 is 2.25 bits per heavy atom. The lowest BCUT2D eigenvalue weighted by Crippen LogP contribution is -2.32. The van der Waals surface area contributed by atoms with E-state index in [1.807, 2.05) is 0 Å². The normalized spacial score (nSPS) is 14.4. The van der Waals surface area contributed by atoms with Gasteiger partial charge in [-0.15, -0.1) is 0 Å². The van der Waals surface area contributed by atoms with Crippen molar-refractivity contribution in [1.82, 2.24) is 15.0 Å². The van der Waals surface area contributed by atoms with Crippen molar-refractivity contribution in [3.8, 4) is 11.4 Å². The summed E-state index contributed by atoms with van der Waals surface area (Å²) >= 11 is 0. The van der Waals surface area contributed by atoms with Crippen LogP contribution in [0.1, 0.15) is 40.2 Å². The van der Waals surface area contributed by atoms with Gasteiger partial charge in [-0.1, -0.05) is 35.5 Å². The van der Waals surface area contributed by atoms with Crippen LogP contribution in [0.4, 0.5) is 26.3 Å². The Labute approximate surface area is 177 Å². The molecule has 1 aromatic heterocycles. The molecule has 32 heavy (non-hydrogen) atoms. The van der Waals surface area contributed by atoms with Crippen LogP contribution in [0.5, 0.6) is 0 Å². The molecule has 5 nitrogen and oxygen atoms in total. The molecular formula is C21H15F6N3O2. The topological polar surface area (TPSA) is 59.2 Å². The zero-order valence-corrected chi connectivity index (χ0v) is 16.2. The highest BCUT2D eigenvalue weighted by Gasteiger charge is 2.38. The fraction of sp³-hybridized carbons (Fsp3) is 0.286. The van der Waals surface area contributed by atoms with E-state index in [0.29, 0.717) is 5.56 Å². The van der Waals surface area contributed by atoms with Crippen molar-refractivity contribution in [2.24, 2.45) is 0 Å². The van der Waals surface area contributed by atoms with E-state index in [2.05, 4.69) is 14.7 Å². The van der Waals surface area contributed by atoms with Crippen LogP contribution in [0.3, 0.4) is 0 Å². The second-order valence-electron chi connectivity index (χ2n) is 7.36. The summed E-state index contributed by atoms with van der Waals surface area (Å²) in [6, 6.07) is 10.3. The Bertz CT molecular complexity index is 1120. The Kier molecular flexibility index (Phi) is 5.43. The SMILES string of the molecule is O=C(c1cccc(C(F)(F)F)c1)N(Cc1ccc(-c2noc(C(F)(F)F)n2)cc1)C1CC1. The molecule has 2 aromatic carbocycles. The van der Waals surface area contributed by atoms with E-state index in [1.54, 1.807) is 12.1 Å². The Hall–Kier alpha value is -3.37. The van der Waals surface area contributed by atoms with E-state index in [0.717, 1.165) is 25.0 Å². The summed E-state index contributed by atoms with van der Waals surface area (Å²) in [5.41, 5.74) is -0.0210. The molecule has 1 aliphatic carbocycles. The molecular weight excluding hydrogens is 440 g/mol. The average molecular weight is 455 g/mol. The van der Waals surface area contributed by atoms with Gasteiger partial charge in [-0.3, -0.25) is 4.79 Å². The van der Waals surface area contributed by atoms with Gasteiger partial charge in [0.05, 0.1) is 5.56 Å². The van der Waals surface area contributed by atoms with Gasteiger partial charge in [0.25, 0.3) is 5.91 Å². The van der Waals surface area contributed by atoms with Gasteiger partial charge in [0.15, 0.2) is 0 Å². The average Bonchev–Trinajstić information content (AvgIpc) is 3.45. The maximum absolute atomic E-state index is 13.0. The number of hydrogen-bond acceptors (Lipinski definition) is 4. The molecule has 0 atom stereocenters. The van der Waals surface area contributed by atoms with Gasteiger partial charge in [0, 0.05) is 23.7 Å². The number of benzene rings is 2. The van der Waals surface area contributed by atoms with Crippen molar-refractivity contribution in [3.05, 3.63) is 71.1 Å². The Morgan fingerprint density at radius 2 is 1.69 bits per heavy atom. The molecule has 0 bridgehead atoms. The third kappa shape index (κ3) is 4.76. The summed E-state index contributed by atoms with van der Waals surface area (Å²) in [6.45, 7) is 0.139. The second kappa shape index (κ2) is 7.95. The Balaban J connectivity index is 1.52. The predicted molar refractivity (Wildman–Crippen MR) is 99.1 cm³/mol. The molecule has 1 aliphatic rings. The number of alkyl halides is 6. The van der Waals surface area contributed by atoms with E-state index < -0.39 is 29.7 Å². The lowest BCUT2D eigenvalue weighted by Gasteiger charge is -2.23. The summed E-state index contributed by atoms with van der Waals surface area (Å²) in [7, 11) is 0. The minimum absolute atomic E-state index is 0.0603. The van der Waals surface area contributed by atoms with Gasteiger partial charge in [-0.05, 0) is 36.6 Å². The van der Waals surface area contributed by atoms with E-state index in [-0.39, 0.29) is 29.5 Å². The summed E-state index contributed by atoms with van der Waals surface area (Å²) in [5.74, 6) is -2.21. The van der Waals surface area contributed by atoms with Gasteiger partial charge >= 0.3 is 18.2 Å². The van der Waals surface area contributed by atoms with Crippen molar-refractivity contribution in [3.63, 3.8) is 0 Å². The number of rotatable bonds is 5. The van der Waals surface area contributed by atoms with Crippen LogP contribution >= 0.6 is 0 Å². The molecule has 1 heterocycles. The highest BCUT2D eigenvalue weighted by Crippen LogP contribution is 2.33. The maximum Gasteiger partial charge on any atom is 0.471 e. The lowest BCUT2D eigenvalue weighted by atomic mass is 10.1. The number of nitrogens with zero attached hydrogens (tertiary/aromatic N) is 3. The molecule has 0 saturated heterocycles. The van der Waals surface area contributed by atoms with Crippen LogP contribution in [0.15, 0.2) is 53.1 Å². The van der Waals surface area contributed by atoms with Crippen molar-refractivity contribution in [2.75, 3.05) is 0 Å². The van der Waals surface area contributed by atoms with E-state index in [1.165, 1.54) is 29.2 Å². The fourth-order valence-electron chi connectivity index (χ4n) is 3.16. The molecule has 168 valence electrons. The van der Waals surface area contributed by atoms with Gasteiger partial charge in [0.1, 0.15) is 0 Å². The maximum atomic E-state index is 13.0. The molecule has 0 aliphatic heterocycles. The Morgan fingerprint density at radius 1 is 1.00 bits per heavy atom. The first-order chi connectivity index (χ1) is 15.0. The molecule has 0 spiro atoms. The van der Waals surface area contributed by atoms with E-state index >= 15 is 0 Å². The summed E-state index contributed by atoms with van der Waals surface area (Å²) < 4.78 is 81.0. The first-order valence-corrected chi connectivity index (χ1v) is 9.51. The highest BCUT2D eigenvalue weighted by molar-refractivity contribution is 5.94. The largest absolute Gasteiger partial charge is 0.471 e. The standard InChI is InChI=1S/C21H15F6N3O2/c22-20(23,24)15-3-1-2-14(10-15)18(31)30(16-8-9-16)11-12-4-6-13(7-5-12)17-28-19(32-29-17)21(25,26)27/h1-7,10,16H,8-9,11H2. The predicted octanol–water partition coefficient (Wildman–Crippen LogP) is 5.58. The molecule has 3 aromatic rings. The van der Waals surface area contributed by atoms with Crippen molar-refractivity contribution >= 4 is 5.91 Å². The number of carbonyl (C=O) groups excluding carboxylic acids is 1. The van der Waals surface area contributed by atoms with Crippen LogP contribution in [0.2, 0.25) is 0 Å². The van der Waals surface area contributed by atoms with Crippen LogP contribution < -0.4 is 0 Å². The van der Waals surface area contributed by atoms with Crippen LogP contribution in [0.25, 0.3) is 11.4 Å². The number of hydrogen-bond donors (Lipinski definition) is 0. The molecule has 1 amide bonds. The molecule has 11 heteroatoms. The van der Waals surface area contributed by atoms with Crippen molar-refractivity contribution < 1.29 is 35.7 Å². The van der Waals surface area contributed by atoms with Crippen LogP contribution in [-0.2, 0) is 18.9 Å². The number of aromatic nitrogens is 2. The minimum atomic E-state index is -4.75. The fourth-order valence-corrected chi connectivity index (χ4v) is 3.16. The minimum Gasteiger partial charge on any atom is -0.331 e. The third-order valence-electron chi connectivity index (χ3n) is 4.92. The summed E-state index contributed by atoms with van der Waals surface area (Å²) in [4.78, 5) is 17.7. The summed E-state index contributed by atoms with van der Waals surface area (Å²) in [6.07, 6.45) is -7.82. The monoisotopic (exact) mass is 455 g/mol. The quantitative estimate of drug-likeness (QED) is 0.472. The first kappa shape index (κ1) is 21.8. The van der Waals surface area contributed by atoms with E-state index in [4.69, 9.17) is 0 Å². The van der Waals surface area contributed by atoms with Crippen LogP contribution in [-0.4, -0.2) is 27.0 Å². The van der Waals surface area contributed by atoms with Gasteiger partial charge in [-0.25, -0.2) is 0 Å². The van der Waals surface area contributed by atoms with E-state index in [9.17, 15) is 31.1 Å². The molecule has 4 rings (SSSR count). The lowest BCUT2D eigenvalue weighted by molar-refractivity contribution is -0.159. The highest BCUT2D eigenvalue weighted by atomic mass is 19.4. The molecule has 0 unspecified atom stereocenters. The smallest absolute Gasteiger partial charge is 0.331 e. The molecule has 1 fully saturated rings. The van der Waals surface area contributed by atoms with Gasteiger partial charge in [-0.2, -0.15) is 31.3 Å². The summed E-state index contributed by atoms with van der Waals surface area (Å²) in [5, 5.41) is 3.32. The van der Waals surface area contributed by atoms with Gasteiger partial charge in [0.2, 0.25) is 5.82 Å². The molecule has 0 N–H and O–H groups in total. The van der Waals surface area contributed by atoms with Crippen molar-refractivity contribution in [2.45, 2.75) is 37.8 Å². The number of amides is 1. The molecule has 0 radical (unpaired) electrons. The van der Waals surface area contributed by atoms with Crippen LogP contribution in [0, 0.1) is 0 Å². The third-order valence-corrected chi connectivity index (χ3v) is 4.92. The second-order valence-corrected chi connectivity index (χ2v) is 7.36. The first-order valence-electron chi connectivity index (χ1n) is 9.51. The zero-order chi connectivity index (χ0) is 23.1. The number of halogens is 6. The number of carbonyl (C=O) groups is 1.